The van der Waals surface area contributed by atoms with Crippen molar-refractivity contribution in [2.24, 2.45) is 7.05 Å². The Labute approximate surface area is 156 Å². The zero-order chi connectivity index (χ0) is 19.6. The number of amides is 1. The van der Waals surface area contributed by atoms with E-state index in [0.29, 0.717) is 17.6 Å². The first-order valence-corrected chi connectivity index (χ1v) is 8.70. The number of aromatic nitrogens is 2. The third-order valence-electron chi connectivity index (χ3n) is 4.67. The van der Waals surface area contributed by atoms with Crippen molar-refractivity contribution >= 4 is 16.9 Å². The number of carbonyl (C=O) groups excluding carboxylic acids is 1. The van der Waals surface area contributed by atoms with Gasteiger partial charge in [-0.05, 0) is 36.8 Å². The molecule has 0 spiro atoms. The lowest BCUT2D eigenvalue weighted by atomic mass is 10.2. The predicted molar refractivity (Wildman–Crippen MR) is 101 cm³/mol. The summed E-state index contributed by atoms with van der Waals surface area (Å²) < 4.78 is 21.8. The van der Waals surface area contributed by atoms with Gasteiger partial charge in [-0.2, -0.15) is 0 Å². The zero-order valence-corrected chi connectivity index (χ0v) is 15.6. The SMILES string of the molecule is CCN(Cc1ccc(OC)c(F)c1)C(=O)Cn1c(=O)n(C)c2ccccc21. The Balaban J connectivity index is 1.83. The summed E-state index contributed by atoms with van der Waals surface area (Å²) in [4.78, 5) is 26.9. The maximum atomic E-state index is 13.9. The van der Waals surface area contributed by atoms with Crippen molar-refractivity contribution in [3.63, 3.8) is 0 Å². The number of benzene rings is 2. The van der Waals surface area contributed by atoms with Crippen LogP contribution < -0.4 is 10.4 Å². The van der Waals surface area contributed by atoms with Crippen LogP contribution in [0.3, 0.4) is 0 Å². The number of hydrogen-bond acceptors (Lipinski definition) is 3. The van der Waals surface area contributed by atoms with Crippen molar-refractivity contribution in [2.75, 3.05) is 13.7 Å². The second-order valence-corrected chi connectivity index (χ2v) is 6.29. The van der Waals surface area contributed by atoms with Gasteiger partial charge in [-0.25, -0.2) is 9.18 Å². The van der Waals surface area contributed by atoms with E-state index in [4.69, 9.17) is 4.74 Å². The Morgan fingerprint density at radius 2 is 1.89 bits per heavy atom. The Bertz CT molecular complexity index is 1040. The van der Waals surface area contributed by atoms with Crippen molar-refractivity contribution in [2.45, 2.75) is 20.0 Å². The average Bonchev–Trinajstić information content (AvgIpc) is 2.91. The number of fused-ring (bicyclic) bond motifs is 1. The summed E-state index contributed by atoms with van der Waals surface area (Å²) >= 11 is 0. The highest BCUT2D eigenvalue weighted by Crippen LogP contribution is 2.19. The number of hydrogen-bond donors (Lipinski definition) is 0. The minimum absolute atomic E-state index is 0.0628. The molecule has 0 fully saturated rings. The summed E-state index contributed by atoms with van der Waals surface area (Å²) in [5, 5.41) is 0. The number of imidazole rings is 1. The third kappa shape index (κ3) is 3.58. The molecule has 27 heavy (non-hydrogen) atoms. The van der Waals surface area contributed by atoms with Crippen LogP contribution in [0.2, 0.25) is 0 Å². The minimum Gasteiger partial charge on any atom is -0.494 e. The van der Waals surface area contributed by atoms with Crippen molar-refractivity contribution in [1.29, 1.82) is 0 Å². The first-order chi connectivity index (χ1) is 13.0. The Morgan fingerprint density at radius 3 is 2.52 bits per heavy atom. The molecule has 0 aliphatic carbocycles. The van der Waals surface area contributed by atoms with Gasteiger partial charge in [-0.1, -0.05) is 18.2 Å². The largest absolute Gasteiger partial charge is 0.494 e. The summed E-state index contributed by atoms with van der Waals surface area (Å²) in [5.74, 6) is -0.508. The molecule has 1 amide bonds. The molecule has 142 valence electrons. The van der Waals surface area contributed by atoms with E-state index in [-0.39, 0.29) is 30.4 Å². The van der Waals surface area contributed by atoms with Gasteiger partial charge in [0.05, 0.1) is 18.1 Å². The van der Waals surface area contributed by atoms with Gasteiger partial charge in [0.25, 0.3) is 0 Å². The van der Waals surface area contributed by atoms with Crippen LogP contribution in [0, 0.1) is 5.82 Å². The summed E-state index contributed by atoms with van der Waals surface area (Å²) in [6, 6.07) is 12.0. The smallest absolute Gasteiger partial charge is 0.329 e. The summed E-state index contributed by atoms with van der Waals surface area (Å²) in [5.41, 5.74) is 1.91. The van der Waals surface area contributed by atoms with E-state index in [1.54, 1.807) is 18.0 Å². The number of aryl methyl sites for hydroxylation is 1. The molecule has 7 heteroatoms. The van der Waals surface area contributed by atoms with Gasteiger partial charge in [0.15, 0.2) is 11.6 Å². The molecular formula is C20H22FN3O3. The Hall–Kier alpha value is -3.09. The van der Waals surface area contributed by atoms with Crippen molar-refractivity contribution in [3.8, 4) is 5.75 Å². The van der Waals surface area contributed by atoms with Crippen LogP contribution in [0.4, 0.5) is 4.39 Å². The highest BCUT2D eigenvalue weighted by atomic mass is 19.1. The van der Waals surface area contributed by atoms with Crippen LogP contribution in [0.15, 0.2) is 47.3 Å². The normalized spacial score (nSPS) is 11.0. The molecule has 0 N–H and O–H groups in total. The second kappa shape index (κ2) is 7.65. The number of halogens is 1. The minimum atomic E-state index is -0.469. The van der Waals surface area contributed by atoms with Gasteiger partial charge in [0.1, 0.15) is 6.54 Å². The molecule has 0 aliphatic heterocycles. The van der Waals surface area contributed by atoms with Crippen LogP contribution in [0.1, 0.15) is 12.5 Å². The van der Waals surface area contributed by atoms with Gasteiger partial charge >= 0.3 is 5.69 Å². The quantitative estimate of drug-likeness (QED) is 0.669. The first kappa shape index (κ1) is 18.7. The molecular weight excluding hydrogens is 349 g/mol. The molecule has 0 unspecified atom stereocenters. The zero-order valence-electron chi connectivity index (χ0n) is 15.6. The number of ether oxygens (including phenoxy) is 1. The molecule has 0 atom stereocenters. The van der Waals surface area contributed by atoms with Crippen LogP contribution in [0.5, 0.6) is 5.75 Å². The summed E-state index contributed by atoms with van der Waals surface area (Å²) in [7, 11) is 3.09. The average molecular weight is 371 g/mol. The van der Waals surface area contributed by atoms with E-state index in [9.17, 15) is 14.0 Å². The van der Waals surface area contributed by atoms with Gasteiger partial charge < -0.3 is 9.64 Å². The molecule has 2 aromatic carbocycles. The topological polar surface area (TPSA) is 56.5 Å². The molecule has 6 nitrogen and oxygen atoms in total. The monoisotopic (exact) mass is 371 g/mol. The lowest BCUT2D eigenvalue weighted by Gasteiger charge is -2.21. The second-order valence-electron chi connectivity index (χ2n) is 6.29. The highest BCUT2D eigenvalue weighted by Gasteiger charge is 2.18. The number of para-hydroxylation sites is 2. The molecule has 3 rings (SSSR count). The van der Waals surface area contributed by atoms with Crippen molar-refractivity contribution in [3.05, 3.63) is 64.3 Å². The fourth-order valence-electron chi connectivity index (χ4n) is 3.16. The van der Waals surface area contributed by atoms with Crippen molar-refractivity contribution < 1.29 is 13.9 Å². The van der Waals surface area contributed by atoms with Crippen LogP contribution in [0.25, 0.3) is 11.0 Å². The third-order valence-corrected chi connectivity index (χ3v) is 4.67. The maximum Gasteiger partial charge on any atom is 0.329 e. The molecule has 1 aromatic heterocycles. The number of carbonyl (C=O) groups is 1. The van der Waals surface area contributed by atoms with E-state index in [1.807, 2.05) is 31.2 Å². The maximum absolute atomic E-state index is 13.9. The summed E-state index contributed by atoms with van der Waals surface area (Å²) in [6.07, 6.45) is 0. The molecule has 1 heterocycles. The predicted octanol–water partition coefficient (Wildman–Crippen LogP) is 2.54. The Kier molecular flexibility index (Phi) is 5.30. The number of methoxy groups -OCH3 is 1. The molecule has 0 aliphatic rings. The van der Waals surface area contributed by atoms with Crippen LogP contribution in [-0.2, 0) is 24.9 Å². The molecule has 3 aromatic rings. The fourth-order valence-corrected chi connectivity index (χ4v) is 3.16. The van der Waals surface area contributed by atoms with E-state index in [1.165, 1.54) is 28.4 Å². The van der Waals surface area contributed by atoms with E-state index < -0.39 is 5.82 Å². The van der Waals surface area contributed by atoms with E-state index in [0.717, 1.165) is 5.52 Å². The van der Waals surface area contributed by atoms with Gasteiger partial charge in [0.2, 0.25) is 5.91 Å². The lowest BCUT2D eigenvalue weighted by molar-refractivity contribution is -0.132. The molecule has 0 radical (unpaired) electrons. The van der Waals surface area contributed by atoms with Crippen LogP contribution >= 0.6 is 0 Å². The van der Waals surface area contributed by atoms with Crippen molar-refractivity contribution in [1.82, 2.24) is 14.0 Å². The highest BCUT2D eigenvalue weighted by molar-refractivity contribution is 5.81. The van der Waals surface area contributed by atoms with Crippen LogP contribution in [-0.4, -0.2) is 33.6 Å². The van der Waals surface area contributed by atoms with Gasteiger partial charge in [-0.3, -0.25) is 13.9 Å². The number of nitrogens with zero attached hydrogens (tertiary/aromatic N) is 3. The van der Waals surface area contributed by atoms with Gasteiger partial charge in [-0.15, -0.1) is 0 Å². The molecule has 0 saturated carbocycles. The standard InChI is InChI=1S/C20H22FN3O3/c1-4-23(12-14-9-10-18(27-3)15(21)11-14)19(25)13-24-17-8-6-5-7-16(17)22(2)20(24)26/h5-11H,4,12-13H2,1-3H3. The fraction of sp³-hybridized carbons (Fsp3) is 0.300. The summed E-state index contributed by atoms with van der Waals surface area (Å²) in [6.45, 7) is 2.50. The number of rotatable bonds is 6. The lowest BCUT2D eigenvalue weighted by Crippen LogP contribution is -2.36. The van der Waals surface area contributed by atoms with Gasteiger partial charge in [0, 0.05) is 20.1 Å². The number of likely N-dealkylation sites (N-methyl/N-ethyl adjacent to an activating group) is 1. The van der Waals surface area contributed by atoms with E-state index in [2.05, 4.69) is 0 Å². The molecule has 0 saturated heterocycles. The molecule has 0 bridgehead atoms. The first-order valence-electron chi connectivity index (χ1n) is 8.70. The van der Waals surface area contributed by atoms with E-state index >= 15 is 0 Å². The Morgan fingerprint density at radius 1 is 1.19 bits per heavy atom.